The molecule has 1 aromatic rings. The number of nitrogens with one attached hydrogen (secondary N) is 1. The van der Waals surface area contributed by atoms with Gasteiger partial charge in [-0.3, -0.25) is 9.59 Å². The highest BCUT2D eigenvalue weighted by Crippen LogP contribution is 2.25. The van der Waals surface area contributed by atoms with Crippen molar-refractivity contribution >= 4 is 23.2 Å². The minimum absolute atomic E-state index is 0.0118. The Morgan fingerprint density at radius 2 is 1.79 bits per heavy atom. The van der Waals surface area contributed by atoms with Crippen molar-refractivity contribution in [1.82, 2.24) is 4.90 Å². The lowest BCUT2D eigenvalue weighted by molar-refractivity contribution is -0.132. The van der Waals surface area contributed by atoms with Crippen LogP contribution < -0.4 is 10.2 Å². The second-order valence-electron chi connectivity index (χ2n) is 6.66. The summed E-state index contributed by atoms with van der Waals surface area (Å²) in [6.45, 7) is 9.22. The molecule has 24 heavy (non-hydrogen) atoms. The van der Waals surface area contributed by atoms with Crippen molar-refractivity contribution in [2.24, 2.45) is 5.92 Å². The van der Waals surface area contributed by atoms with Gasteiger partial charge in [-0.2, -0.15) is 0 Å². The van der Waals surface area contributed by atoms with Gasteiger partial charge in [0.1, 0.15) is 0 Å². The van der Waals surface area contributed by atoms with Gasteiger partial charge in [0.25, 0.3) is 0 Å². The van der Waals surface area contributed by atoms with Crippen LogP contribution in [0.1, 0.15) is 46.1 Å². The van der Waals surface area contributed by atoms with E-state index in [2.05, 4.69) is 19.2 Å². The predicted octanol–water partition coefficient (Wildman–Crippen LogP) is 3.50. The number of anilines is 2. The van der Waals surface area contributed by atoms with Crippen molar-refractivity contribution in [3.8, 4) is 0 Å². The van der Waals surface area contributed by atoms with Crippen molar-refractivity contribution in [2.45, 2.75) is 47.1 Å². The molecule has 0 aromatic heterocycles. The van der Waals surface area contributed by atoms with Crippen LogP contribution in [-0.2, 0) is 16.1 Å². The molecule has 0 radical (unpaired) electrons. The van der Waals surface area contributed by atoms with Gasteiger partial charge >= 0.3 is 0 Å². The molecule has 134 valence electrons. The Labute approximate surface area is 146 Å². The summed E-state index contributed by atoms with van der Waals surface area (Å²) in [6, 6.07) is 5.87. The summed E-state index contributed by atoms with van der Waals surface area (Å²) in [5, 5.41) is 2.89. The van der Waals surface area contributed by atoms with Crippen molar-refractivity contribution in [2.75, 3.05) is 30.9 Å². The Morgan fingerprint density at radius 1 is 1.12 bits per heavy atom. The fraction of sp³-hybridized carbons (Fsp3) is 0.579. The number of carbonyl (C=O) groups excluding carboxylic acids is 2. The van der Waals surface area contributed by atoms with E-state index < -0.39 is 0 Å². The van der Waals surface area contributed by atoms with Gasteiger partial charge in [0.05, 0.1) is 0 Å². The number of carbonyl (C=O) groups is 2. The lowest BCUT2D eigenvalue weighted by Gasteiger charge is -2.27. The molecule has 1 aromatic carbocycles. The molecule has 0 spiro atoms. The molecule has 0 bridgehead atoms. The first-order valence-corrected chi connectivity index (χ1v) is 8.66. The fourth-order valence-electron chi connectivity index (χ4n) is 2.60. The molecule has 0 aliphatic heterocycles. The van der Waals surface area contributed by atoms with Crippen LogP contribution in [0.5, 0.6) is 0 Å². The summed E-state index contributed by atoms with van der Waals surface area (Å²) < 4.78 is 0. The van der Waals surface area contributed by atoms with Gasteiger partial charge in [-0.15, -0.1) is 0 Å². The van der Waals surface area contributed by atoms with Crippen molar-refractivity contribution in [3.05, 3.63) is 23.8 Å². The molecule has 2 amide bonds. The first kappa shape index (κ1) is 20.0. The Hall–Kier alpha value is -2.04. The van der Waals surface area contributed by atoms with Gasteiger partial charge in [-0.1, -0.05) is 27.7 Å². The molecule has 0 unspecified atom stereocenters. The zero-order valence-corrected chi connectivity index (χ0v) is 15.8. The van der Waals surface area contributed by atoms with E-state index in [0.29, 0.717) is 25.3 Å². The topological polar surface area (TPSA) is 52.7 Å². The molecule has 0 aliphatic rings. The van der Waals surface area contributed by atoms with E-state index >= 15 is 0 Å². The largest absolute Gasteiger partial charge is 0.377 e. The smallest absolute Gasteiger partial charge is 0.224 e. The van der Waals surface area contributed by atoms with Crippen molar-refractivity contribution in [1.29, 1.82) is 0 Å². The van der Waals surface area contributed by atoms with Crippen LogP contribution in [0.2, 0.25) is 0 Å². The van der Waals surface area contributed by atoms with E-state index in [1.165, 1.54) is 0 Å². The molecule has 0 heterocycles. The number of amides is 2. The molecule has 0 atom stereocenters. The van der Waals surface area contributed by atoms with Gasteiger partial charge in [0, 0.05) is 51.4 Å². The molecule has 5 heteroatoms. The van der Waals surface area contributed by atoms with Crippen LogP contribution >= 0.6 is 0 Å². The highest BCUT2D eigenvalue weighted by atomic mass is 16.2. The Balaban J connectivity index is 3.13. The molecule has 0 fully saturated rings. The summed E-state index contributed by atoms with van der Waals surface area (Å²) in [6.07, 6.45) is 0.939. The van der Waals surface area contributed by atoms with Gasteiger partial charge in [-0.25, -0.2) is 0 Å². The third-order valence-electron chi connectivity index (χ3n) is 3.77. The second-order valence-corrected chi connectivity index (χ2v) is 6.66. The van der Waals surface area contributed by atoms with Crippen molar-refractivity contribution < 1.29 is 9.59 Å². The number of benzene rings is 1. The van der Waals surface area contributed by atoms with E-state index in [4.69, 9.17) is 0 Å². The maximum absolute atomic E-state index is 12.3. The Bertz CT molecular complexity index is 568. The maximum atomic E-state index is 12.3. The van der Waals surface area contributed by atoms with E-state index in [0.717, 1.165) is 23.5 Å². The zero-order chi connectivity index (χ0) is 18.3. The summed E-state index contributed by atoms with van der Waals surface area (Å²) in [4.78, 5) is 27.9. The lowest BCUT2D eigenvalue weighted by atomic mass is 10.1. The van der Waals surface area contributed by atoms with Gasteiger partial charge < -0.3 is 15.1 Å². The minimum Gasteiger partial charge on any atom is -0.377 e. The summed E-state index contributed by atoms with van der Waals surface area (Å²) in [5.41, 5.74) is 2.87. The third kappa shape index (κ3) is 5.87. The third-order valence-corrected chi connectivity index (χ3v) is 3.77. The fourth-order valence-corrected chi connectivity index (χ4v) is 2.60. The first-order valence-electron chi connectivity index (χ1n) is 8.66. The van der Waals surface area contributed by atoms with E-state index in [1.54, 1.807) is 0 Å². The van der Waals surface area contributed by atoms with Crippen LogP contribution in [0.15, 0.2) is 18.2 Å². The van der Waals surface area contributed by atoms with Gasteiger partial charge in [-0.05, 0) is 29.7 Å². The molecular weight excluding hydrogens is 302 g/mol. The minimum atomic E-state index is -0.0118. The van der Waals surface area contributed by atoms with Crippen LogP contribution in [0, 0.1) is 5.92 Å². The van der Waals surface area contributed by atoms with Crippen LogP contribution in [0.25, 0.3) is 0 Å². The summed E-state index contributed by atoms with van der Waals surface area (Å²) in [7, 11) is 3.97. The Kier molecular flexibility index (Phi) is 7.75. The summed E-state index contributed by atoms with van der Waals surface area (Å²) >= 11 is 0. The molecule has 0 aliphatic carbocycles. The first-order chi connectivity index (χ1) is 11.3. The average Bonchev–Trinajstić information content (AvgIpc) is 2.52. The van der Waals surface area contributed by atoms with E-state index in [9.17, 15) is 9.59 Å². The highest BCUT2D eigenvalue weighted by Gasteiger charge is 2.17. The monoisotopic (exact) mass is 333 g/mol. The number of hydrogen-bond acceptors (Lipinski definition) is 3. The van der Waals surface area contributed by atoms with Crippen LogP contribution in [0.4, 0.5) is 11.4 Å². The molecule has 0 saturated heterocycles. The highest BCUT2D eigenvalue weighted by molar-refractivity contribution is 5.90. The number of hydrogen-bond donors (Lipinski definition) is 1. The van der Waals surface area contributed by atoms with E-state index in [1.807, 2.05) is 55.9 Å². The Morgan fingerprint density at radius 3 is 2.29 bits per heavy atom. The normalized spacial score (nSPS) is 10.6. The second kappa shape index (κ2) is 9.30. The molecule has 0 saturated carbocycles. The van der Waals surface area contributed by atoms with Crippen LogP contribution in [-0.4, -0.2) is 37.4 Å². The maximum Gasteiger partial charge on any atom is 0.224 e. The number of nitrogens with zero attached hydrogens (tertiary/aromatic N) is 2. The number of rotatable bonds is 8. The molecule has 1 N–H and O–H groups in total. The molecule has 1 rings (SSSR count). The van der Waals surface area contributed by atoms with Crippen LogP contribution in [0.3, 0.4) is 0 Å². The average molecular weight is 333 g/mol. The lowest BCUT2D eigenvalue weighted by Crippen LogP contribution is -2.33. The quantitative estimate of drug-likeness (QED) is 0.792. The SMILES string of the molecule is CCC(=O)Nc1ccc(N(C)C)c(CN(CC(C)C)C(=O)CC)c1. The molecular formula is C19H31N3O2. The predicted molar refractivity (Wildman–Crippen MR) is 100 cm³/mol. The van der Waals surface area contributed by atoms with Gasteiger partial charge in [0.15, 0.2) is 0 Å². The zero-order valence-electron chi connectivity index (χ0n) is 15.8. The van der Waals surface area contributed by atoms with Gasteiger partial charge in [0.2, 0.25) is 11.8 Å². The standard InChI is InChI=1S/C19H31N3O2/c1-7-18(23)20-16-9-10-17(21(5)6)15(11-16)13-22(12-14(3)4)19(24)8-2/h9-11,14H,7-8,12-13H2,1-6H3,(H,20,23). The van der Waals surface area contributed by atoms with E-state index in [-0.39, 0.29) is 11.8 Å². The van der Waals surface area contributed by atoms with Crippen molar-refractivity contribution in [3.63, 3.8) is 0 Å². The summed E-state index contributed by atoms with van der Waals surface area (Å²) in [5.74, 6) is 0.546. The molecule has 5 nitrogen and oxygen atoms in total.